The fourth-order valence-corrected chi connectivity index (χ4v) is 10.3. The van der Waals surface area contributed by atoms with E-state index < -0.39 is 33.2 Å². The Morgan fingerprint density at radius 2 is 0.944 bits per heavy atom. The van der Waals surface area contributed by atoms with Gasteiger partial charge in [0.05, 0.1) is 0 Å². The van der Waals surface area contributed by atoms with E-state index in [1.807, 2.05) is 0 Å². The number of halogens is 4. The minimum Gasteiger partial charge on any atom is -0.182 e. The normalized spacial score (nSPS) is 36.3. The van der Waals surface area contributed by atoms with Crippen LogP contribution >= 0.6 is 22.9 Å². The maximum atomic E-state index is 14.7. The van der Waals surface area contributed by atoms with E-state index in [0.29, 0.717) is 0 Å². The van der Waals surface area contributed by atoms with Crippen molar-refractivity contribution < 1.29 is 16.8 Å². The second-order valence-electron chi connectivity index (χ2n) is 6.12. The second kappa shape index (κ2) is 4.20. The van der Waals surface area contributed by atoms with Gasteiger partial charge in [0.1, 0.15) is 0 Å². The molecule has 108 valence electrons. The van der Waals surface area contributed by atoms with Gasteiger partial charge in [-0.05, 0) is 0 Å². The Labute approximate surface area is 106 Å². The molecular weight excluding hydrogens is 307 g/mol. The number of nitrogens with zero attached hydrogens (tertiary/aromatic N) is 3. The Morgan fingerprint density at radius 3 is 1.28 bits per heavy atom. The molecule has 0 fully saturated rings. The van der Waals surface area contributed by atoms with Crippen LogP contribution in [0.2, 0.25) is 0 Å². The summed E-state index contributed by atoms with van der Waals surface area (Å²) in [7, 11) is -13.8. The lowest BCUT2D eigenvalue weighted by atomic mass is 10.3. The first-order chi connectivity index (χ1) is 7.62. The Hall–Kier alpha value is 0.410. The maximum absolute atomic E-state index is 14.7. The van der Waals surface area contributed by atoms with Gasteiger partial charge in [0, 0.05) is 10.3 Å². The van der Waals surface area contributed by atoms with Crippen molar-refractivity contribution >= 4 is 22.9 Å². The van der Waals surface area contributed by atoms with Gasteiger partial charge in [-0.1, -0.05) is 41.5 Å². The largest absolute Gasteiger partial charge is 0.421 e. The Kier molecular flexibility index (Phi) is 3.84. The van der Waals surface area contributed by atoms with Crippen LogP contribution in [0.15, 0.2) is 13.5 Å². The van der Waals surface area contributed by atoms with E-state index in [2.05, 4.69) is 13.5 Å². The molecule has 0 N–H and O–H groups in total. The van der Waals surface area contributed by atoms with Crippen molar-refractivity contribution in [2.75, 3.05) is 0 Å². The van der Waals surface area contributed by atoms with Crippen LogP contribution < -0.4 is 0 Å². The standard InChI is InChI=1S/C8H18F4N3P3/c1-7(2,3)16(9)13-17(10,8(4,5)6)15-18(11,12)14-16/h1-6H3. The van der Waals surface area contributed by atoms with E-state index in [1.54, 1.807) is 0 Å². The molecule has 3 nitrogen and oxygen atoms in total. The first kappa shape index (κ1) is 16.5. The maximum Gasteiger partial charge on any atom is 0.421 e. The van der Waals surface area contributed by atoms with E-state index in [9.17, 15) is 16.8 Å². The average Bonchev–Trinajstić information content (AvgIpc) is 1.93. The van der Waals surface area contributed by atoms with E-state index in [0.717, 1.165) is 0 Å². The van der Waals surface area contributed by atoms with Crippen LogP contribution in [0.5, 0.6) is 0 Å². The van der Waals surface area contributed by atoms with E-state index in [-0.39, 0.29) is 0 Å². The van der Waals surface area contributed by atoms with Gasteiger partial charge in [-0.25, -0.2) is 0 Å². The molecule has 0 aromatic heterocycles. The molecular formula is C8H18F4N3P3. The summed E-state index contributed by atoms with van der Waals surface area (Å²) in [6.07, 6.45) is 0. The van der Waals surface area contributed by atoms with E-state index >= 15 is 0 Å². The van der Waals surface area contributed by atoms with Crippen molar-refractivity contribution in [2.24, 2.45) is 13.5 Å². The molecule has 0 spiro atoms. The summed E-state index contributed by atoms with van der Waals surface area (Å²) in [5, 5.41) is -2.45. The van der Waals surface area contributed by atoms with Crippen LogP contribution in [0, 0.1) is 0 Å². The first-order valence-corrected chi connectivity index (χ1v) is 9.97. The van der Waals surface area contributed by atoms with Gasteiger partial charge >= 0.3 is 7.83 Å². The summed E-state index contributed by atoms with van der Waals surface area (Å²) in [5.74, 6) is 0. The van der Waals surface area contributed by atoms with Gasteiger partial charge in [0.15, 0.2) is 0 Å². The van der Waals surface area contributed by atoms with Gasteiger partial charge in [-0.15, -0.1) is 8.39 Å². The molecule has 1 aliphatic heterocycles. The van der Waals surface area contributed by atoms with Crippen LogP contribution in [0.1, 0.15) is 41.5 Å². The summed E-state index contributed by atoms with van der Waals surface area (Å²) in [6.45, 7) is 8.45. The topological polar surface area (TPSA) is 37.1 Å². The van der Waals surface area contributed by atoms with Crippen molar-refractivity contribution in [3.8, 4) is 0 Å². The molecule has 0 aromatic rings. The minimum atomic E-state index is -5.27. The fraction of sp³-hybridized carbons (Fsp3) is 1.00. The summed E-state index contributed by atoms with van der Waals surface area (Å²) in [4.78, 5) is 0. The predicted molar refractivity (Wildman–Crippen MR) is 72.0 cm³/mol. The lowest BCUT2D eigenvalue weighted by Gasteiger charge is -2.34. The summed E-state index contributed by atoms with van der Waals surface area (Å²) in [5.41, 5.74) is 0. The molecule has 18 heavy (non-hydrogen) atoms. The van der Waals surface area contributed by atoms with Crippen molar-refractivity contribution in [3.05, 3.63) is 0 Å². The van der Waals surface area contributed by atoms with Crippen LogP contribution in [0.4, 0.5) is 16.8 Å². The molecule has 1 aliphatic rings. The van der Waals surface area contributed by atoms with Crippen molar-refractivity contribution in [1.82, 2.24) is 0 Å². The third kappa shape index (κ3) is 2.94. The SMILES string of the molecule is CC(C)(C)P1(F)=NP(F)(F)=NP(F)(C(C)(C)C)=N1. The number of rotatable bonds is 0. The quantitative estimate of drug-likeness (QED) is 0.327. The predicted octanol–water partition coefficient (Wildman–Crippen LogP) is 7.48. The lowest BCUT2D eigenvalue weighted by Crippen LogP contribution is -2.15. The van der Waals surface area contributed by atoms with E-state index in [1.165, 1.54) is 41.5 Å². The molecule has 2 atom stereocenters. The smallest absolute Gasteiger partial charge is 0.182 e. The van der Waals surface area contributed by atoms with Gasteiger partial charge in [-0.3, -0.25) is 0 Å². The summed E-state index contributed by atoms with van der Waals surface area (Å²) < 4.78 is 65.7. The van der Waals surface area contributed by atoms with Crippen molar-refractivity contribution in [3.63, 3.8) is 0 Å². The molecule has 0 aromatic carbocycles. The van der Waals surface area contributed by atoms with Crippen LogP contribution in [-0.4, -0.2) is 10.3 Å². The van der Waals surface area contributed by atoms with Crippen molar-refractivity contribution in [1.29, 1.82) is 0 Å². The highest BCUT2D eigenvalue weighted by Crippen LogP contribution is 2.86. The van der Waals surface area contributed by atoms with Crippen LogP contribution in [0.3, 0.4) is 0 Å². The fourth-order valence-electron chi connectivity index (χ4n) is 1.03. The number of hydrogen-bond donors (Lipinski definition) is 0. The molecule has 2 unspecified atom stereocenters. The van der Waals surface area contributed by atoms with Gasteiger partial charge in [-0.2, -0.15) is 21.9 Å². The molecule has 0 bridgehead atoms. The molecule has 0 saturated heterocycles. The minimum absolute atomic E-state index is 1.23. The first-order valence-electron chi connectivity index (χ1n) is 5.32. The Balaban J connectivity index is 3.74. The zero-order valence-corrected chi connectivity index (χ0v) is 13.9. The average molecular weight is 325 g/mol. The lowest BCUT2D eigenvalue weighted by molar-refractivity contribution is 0.670. The van der Waals surface area contributed by atoms with Crippen molar-refractivity contribution in [2.45, 2.75) is 51.9 Å². The molecule has 1 heterocycles. The molecule has 0 aliphatic carbocycles. The molecule has 10 heteroatoms. The molecule has 1 rings (SSSR count). The third-order valence-electron chi connectivity index (χ3n) is 2.40. The van der Waals surface area contributed by atoms with Gasteiger partial charge in [0.25, 0.3) is 15.0 Å². The van der Waals surface area contributed by atoms with Crippen LogP contribution in [0.25, 0.3) is 0 Å². The highest BCUT2D eigenvalue weighted by Gasteiger charge is 2.48. The Bertz CT molecular complexity index is 501. The highest BCUT2D eigenvalue weighted by molar-refractivity contribution is 7.82. The zero-order valence-electron chi connectivity index (χ0n) is 11.2. The van der Waals surface area contributed by atoms with E-state index in [4.69, 9.17) is 0 Å². The molecule has 0 amide bonds. The molecule has 0 saturated carbocycles. The number of hydrogen-bond acceptors (Lipinski definition) is 3. The van der Waals surface area contributed by atoms with Crippen LogP contribution in [-0.2, 0) is 0 Å². The summed E-state index contributed by atoms with van der Waals surface area (Å²) >= 11 is 0. The monoisotopic (exact) mass is 325 g/mol. The second-order valence-corrected chi connectivity index (χ2v) is 14.0. The third-order valence-corrected chi connectivity index (χ3v) is 11.3. The Morgan fingerprint density at radius 1 is 0.611 bits per heavy atom. The summed E-state index contributed by atoms with van der Waals surface area (Å²) in [6, 6.07) is 0. The van der Waals surface area contributed by atoms with Gasteiger partial charge < -0.3 is 0 Å². The zero-order chi connectivity index (χ0) is 14.6. The van der Waals surface area contributed by atoms with Gasteiger partial charge in [0.2, 0.25) is 0 Å². The molecule has 0 radical (unpaired) electrons. The highest BCUT2D eigenvalue weighted by atomic mass is 31.3.